The molecule has 28 heavy (non-hydrogen) atoms. The highest BCUT2D eigenvalue weighted by Gasteiger charge is 2.31. The van der Waals surface area contributed by atoms with E-state index >= 15 is 0 Å². The molecule has 0 aliphatic rings. The van der Waals surface area contributed by atoms with Crippen molar-refractivity contribution in [3.05, 3.63) is 53.4 Å². The van der Waals surface area contributed by atoms with Gasteiger partial charge in [0.25, 0.3) is 0 Å². The summed E-state index contributed by atoms with van der Waals surface area (Å²) in [5.41, 5.74) is 3.69. The first-order valence-corrected chi connectivity index (χ1v) is 10.4. The average molecular weight is 382 g/mol. The Balaban J connectivity index is 2.22. The molecule has 0 aliphatic carbocycles. The van der Waals surface area contributed by atoms with Gasteiger partial charge in [-0.3, -0.25) is 4.98 Å². The van der Waals surface area contributed by atoms with Gasteiger partial charge in [-0.05, 0) is 42.0 Å². The van der Waals surface area contributed by atoms with Crippen LogP contribution in [0.25, 0.3) is 0 Å². The van der Waals surface area contributed by atoms with E-state index in [1.54, 1.807) is 0 Å². The predicted molar refractivity (Wildman–Crippen MR) is 119 cm³/mol. The standard InChI is InChI=1S/C25H39N3/c1-22(2,3)18-11-15-26-20(17-18)24(7,8)13-14-25(9,10)21-27-16-12-19(28-21)23(4,5)6/h11-12,15-17H,13-14H2,1-10H3. The zero-order chi connectivity index (χ0) is 21.4. The molecule has 0 saturated carbocycles. The lowest BCUT2D eigenvalue weighted by atomic mass is 9.75. The third-order valence-corrected chi connectivity index (χ3v) is 5.72. The van der Waals surface area contributed by atoms with Gasteiger partial charge in [0.1, 0.15) is 5.82 Å². The van der Waals surface area contributed by atoms with Gasteiger partial charge in [-0.25, -0.2) is 9.97 Å². The second-order valence-corrected chi connectivity index (χ2v) is 11.5. The number of hydrogen-bond acceptors (Lipinski definition) is 3. The topological polar surface area (TPSA) is 38.7 Å². The first kappa shape index (κ1) is 22.5. The summed E-state index contributed by atoms with van der Waals surface area (Å²) >= 11 is 0. The summed E-state index contributed by atoms with van der Waals surface area (Å²) in [4.78, 5) is 14.2. The minimum absolute atomic E-state index is 0.000166. The van der Waals surface area contributed by atoms with Crippen molar-refractivity contribution in [3.8, 4) is 0 Å². The van der Waals surface area contributed by atoms with Crippen LogP contribution in [0, 0.1) is 0 Å². The van der Waals surface area contributed by atoms with Gasteiger partial charge >= 0.3 is 0 Å². The lowest BCUT2D eigenvalue weighted by Gasteiger charge is -2.31. The van der Waals surface area contributed by atoms with Crippen LogP contribution >= 0.6 is 0 Å². The van der Waals surface area contributed by atoms with E-state index in [0.29, 0.717) is 0 Å². The van der Waals surface area contributed by atoms with Gasteiger partial charge in [-0.1, -0.05) is 69.2 Å². The molecular formula is C25H39N3. The highest BCUT2D eigenvalue weighted by molar-refractivity contribution is 5.27. The lowest BCUT2D eigenvalue weighted by molar-refractivity contribution is 0.354. The summed E-state index contributed by atoms with van der Waals surface area (Å²) in [7, 11) is 0. The number of nitrogens with zero attached hydrogens (tertiary/aromatic N) is 3. The summed E-state index contributed by atoms with van der Waals surface area (Å²) < 4.78 is 0. The Hall–Kier alpha value is -1.77. The fourth-order valence-corrected chi connectivity index (χ4v) is 3.23. The van der Waals surface area contributed by atoms with Crippen LogP contribution in [0.5, 0.6) is 0 Å². The number of rotatable bonds is 5. The molecule has 0 N–H and O–H groups in total. The SMILES string of the molecule is CC(C)(C)c1ccnc(C(C)(C)CCC(C)(C)c2nccc(C(C)(C)C)n2)c1. The fraction of sp³-hybridized carbons (Fsp3) is 0.640. The maximum absolute atomic E-state index is 4.91. The fourth-order valence-electron chi connectivity index (χ4n) is 3.23. The van der Waals surface area contributed by atoms with Crippen LogP contribution < -0.4 is 0 Å². The maximum atomic E-state index is 4.91. The van der Waals surface area contributed by atoms with Gasteiger partial charge in [0.05, 0.1) is 0 Å². The highest BCUT2D eigenvalue weighted by atomic mass is 14.9. The van der Waals surface area contributed by atoms with E-state index in [4.69, 9.17) is 9.97 Å². The van der Waals surface area contributed by atoms with E-state index in [0.717, 1.165) is 24.4 Å². The largest absolute Gasteiger partial charge is 0.261 e. The molecule has 3 nitrogen and oxygen atoms in total. The van der Waals surface area contributed by atoms with Crippen molar-refractivity contribution in [2.75, 3.05) is 0 Å². The summed E-state index contributed by atoms with van der Waals surface area (Å²) in [5, 5.41) is 0. The van der Waals surface area contributed by atoms with Gasteiger partial charge in [-0.2, -0.15) is 0 Å². The van der Waals surface area contributed by atoms with Crippen molar-refractivity contribution < 1.29 is 0 Å². The number of aromatic nitrogens is 3. The Bertz CT molecular complexity index is 736. The third kappa shape index (κ3) is 5.40. The molecule has 0 fully saturated rings. The molecule has 2 aromatic heterocycles. The van der Waals surface area contributed by atoms with Crippen molar-refractivity contribution in [1.82, 2.24) is 15.0 Å². The van der Waals surface area contributed by atoms with Gasteiger partial charge in [0.2, 0.25) is 0 Å². The molecule has 0 aliphatic heterocycles. The Labute approximate surface area is 172 Å². The van der Waals surface area contributed by atoms with Crippen LogP contribution in [0.2, 0.25) is 0 Å². The predicted octanol–water partition coefficient (Wildman–Crippen LogP) is 6.50. The number of pyridine rings is 1. The average Bonchev–Trinajstić information content (AvgIpc) is 2.59. The molecule has 2 aromatic rings. The number of hydrogen-bond donors (Lipinski definition) is 0. The zero-order valence-corrected chi connectivity index (χ0v) is 19.6. The zero-order valence-electron chi connectivity index (χ0n) is 19.6. The van der Waals surface area contributed by atoms with Crippen LogP contribution in [0.3, 0.4) is 0 Å². The van der Waals surface area contributed by atoms with Gasteiger partial charge in [0, 0.05) is 40.0 Å². The molecule has 2 rings (SSSR count). The smallest absolute Gasteiger partial charge is 0.134 e. The second-order valence-electron chi connectivity index (χ2n) is 11.5. The van der Waals surface area contributed by atoms with E-state index in [1.807, 2.05) is 18.5 Å². The third-order valence-electron chi connectivity index (χ3n) is 5.72. The van der Waals surface area contributed by atoms with Gasteiger partial charge in [0.15, 0.2) is 0 Å². The van der Waals surface area contributed by atoms with Gasteiger partial charge in [-0.15, -0.1) is 0 Å². The summed E-state index contributed by atoms with van der Waals surface area (Å²) in [5.74, 6) is 0.937. The quantitative estimate of drug-likeness (QED) is 0.593. The van der Waals surface area contributed by atoms with Crippen molar-refractivity contribution in [3.63, 3.8) is 0 Å². The molecule has 0 atom stereocenters. The molecule has 0 amide bonds. The molecule has 0 aromatic carbocycles. The first-order chi connectivity index (χ1) is 12.6. The molecule has 0 saturated heterocycles. The van der Waals surface area contributed by atoms with Crippen molar-refractivity contribution in [2.24, 2.45) is 0 Å². The maximum Gasteiger partial charge on any atom is 0.134 e. The molecule has 0 radical (unpaired) electrons. The molecule has 154 valence electrons. The molecule has 0 unspecified atom stereocenters. The van der Waals surface area contributed by atoms with Crippen molar-refractivity contribution in [2.45, 2.75) is 104 Å². The second kappa shape index (κ2) is 7.57. The first-order valence-electron chi connectivity index (χ1n) is 10.4. The van der Waals surface area contributed by atoms with Crippen LogP contribution in [0.15, 0.2) is 30.6 Å². The van der Waals surface area contributed by atoms with Crippen molar-refractivity contribution in [1.29, 1.82) is 0 Å². The highest BCUT2D eigenvalue weighted by Crippen LogP contribution is 2.36. The van der Waals surface area contributed by atoms with Crippen molar-refractivity contribution >= 4 is 0 Å². The van der Waals surface area contributed by atoms with Crippen LogP contribution in [-0.4, -0.2) is 15.0 Å². The molecule has 3 heteroatoms. The van der Waals surface area contributed by atoms with Crippen LogP contribution in [0.4, 0.5) is 0 Å². The monoisotopic (exact) mass is 381 g/mol. The van der Waals surface area contributed by atoms with Crippen LogP contribution in [-0.2, 0) is 21.7 Å². The van der Waals surface area contributed by atoms with E-state index in [2.05, 4.69) is 86.4 Å². The summed E-state index contributed by atoms with van der Waals surface area (Å²) in [6.45, 7) is 22.4. The normalized spacial score (nSPS) is 13.6. The van der Waals surface area contributed by atoms with E-state index in [1.165, 1.54) is 11.3 Å². The molecule has 0 bridgehead atoms. The van der Waals surface area contributed by atoms with Gasteiger partial charge < -0.3 is 0 Å². The van der Waals surface area contributed by atoms with E-state index in [-0.39, 0.29) is 21.7 Å². The van der Waals surface area contributed by atoms with E-state index < -0.39 is 0 Å². The summed E-state index contributed by atoms with van der Waals surface area (Å²) in [6, 6.07) is 6.45. The summed E-state index contributed by atoms with van der Waals surface area (Å²) in [6.07, 6.45) is 5.90. The Morgan fingerprint density at radius 1 is 0.643 bits per heavy atom. The molecular weight excluding hydrogens is 342 g/mol. The van der Waals surface area contributed by atoms with Crippen LogP contribution in [0.1, 0.15) is 105 Å². The minimum atomic E-state index is -0.0832. The lowest BCUT2D eigenvalue weighted by Crippen LogP contribution is -2.28. The minimum Gasteiger partial charge on any atom is -0.261 e. The molecule has 0 spiro atoms. The Morgan fingerprint density at radius 3 is 1.79 bits per heavy atom. The molecule has 2 heterocycles. The van der Waals surface area contributed by atoms with E-state index in [9.17, 15) is 0 Å². The Kier molecular flexibility index (Phi) is 6.09. The Morgan fingerprint density at radius 2 is 1.21 bits per heavy atom.